The lowest BCUT2D eigenvalue weighted by Gasteiger charge is -2.14. The van der Waals surface area contributed by atoms with E-state index < -0.39 is 0 Å². The predicted molar refractivity (Wildman–Crippen MR) is 106 cm³/mol. The molecule has 0 aliphatic heterocycles. The van der Waals surface area contributed by atoms with E-state index in [0.717, 1.165) is 31.6 Å². The molecule has 0 N–H and O–H groups in total. The number of pyridine rings is 1. The summed E-state index contributed by atoms with van der Waals surface area (Å²) in [5, 5.41) is 0. The van der Waals surface area contributed by atoms with E-state index in [1.165, 1.54) is 42.5 Å². The SMILES string of the molecule is CCCCCCc1ccc(C(C)c2ccc(OCCCC)cc2)cn1. The summed E-state index contributed by atoms with van der Waals surface area (Å²) in [4.78, 5) is 4.67. The number of aryl methyl sites for hydroxylation is 1. The molecule has 1 heterocycles. The monoisotopic (exact) mass is 339 g/mol. The van der Waals surface area contributed by atoms with Gasteiger partial charge in [-0.25, -0.2) is 0 Å². The minimum atomic E-state index is 0.353. The van der Waals surface area contributed by atoms with Gasteiger partial charge in [-0.1, -0.05) is 64.7 Å². The number of ether oxygens (including phenoxy) is 1. The second kappa shape index (κ2) is 10.9. The van der Waals surface area contributed by atoms with E-state index in [4.69, 9.17) is 4.74 Å². The summed E-state index contributed by atoms with van der Waals surface area (Å²) in [7, 11) is 0. The normalized spacial score (nSPS) is 12.1. The third kappa shape index (κ3) is 6.53. The van der Waals surface area contributed by atoms with Crippen LogP contribution < -0.4 is 4.74 Å². The summed E-state index contributed by atoms with van der Waals surface area (Å²) in [5.41, 5.74) is 3.80. The van der Waals surface area contributed by atoms with Gasteiger partial charge in [0.2, 0.25) is 0 Å². The van der Waals surface area contributed by atoms with Gasteiger partial charge >= 0.3 is 0 Å². The van der Waals surface area contributed by atoms with Crippen molar-refractivity contribution in [2.24, 2.45) is 0 Å². The minimum Gasteiger partial charge on any atom is -0.494 e. The van der Waals surface area contributed by atoms with Gasteiger partial charge in [-0.15, -0.1) is 0 Å². The van der Waals surface area contributed by atoms with Crippen LogP contribution in [0.15, 0.2) is 42.6 Å². The number of benzene rings is 1. The summed E-state index contributed by atoms with van der Waals surface area (Å²) < 4.78 is 5.75. The second-order valence-electron chi connectivity index (χ2n) is 6.89. The van der Waals surface area contributed by atoms with Crippen LogP contribution in [0.5, 0.6) is 5.75 Å². The largest absolute Gasteiger partial charge is 0.494 e. The number of hydrogen-bond acceptors (Lipinski definition) is 2. The van der Waals surface area contributed by atoms with Crippen LogP contribution in [0.4, 0.5) is 0 Å². The van der Waals surface area contributed by atoms with Crippen molar-refractivity contribution in [1.29, 1.82) is 0 Å². The summed E-state index contributed by atoms with van der Waals surface area (Å²) in [6, 6.07) is 12.9. The third-order valence-electron chi connectivity index (χ3n) is 4.78. The number of rotatable bonds is 11. The highest BCUT2D eigenvalue weighted by Gasteiger charge is 2.09. The van der Waals surface area contributed by atoms with Gasteiger partial charge < -0.3 is 4.74 Å². The lowest BCUT2D eigenvalue weighted by molar-refractivity contribution is 0.309. The van der Waals surface area contributed by atoms with Crippen LogP contribution >= 0.6 is 0 Å². The first-order chi connectivity index (χ1) is 12.2. The molecular formula is C23H33NO. The van der Waals surface area contributed by atoms with Gasteiger partial charge in [0, 0.05) is 17.8 Å². The van der Waals surface area contributed by atoms with Crippen LogP contribution in [0.1, 0.15) is 82.0 Å². The van der Waals surface area contributed by atoms with Crippen LogP contribution in [-0.4, -0.2) is 11.6 Å². The predicted octanol–water partition coefficient (Wildman–Crippen LogP) is 6.54. The summed E-state index contributed by atoms with van der Waals surface area (Å²) in [6.07, 6.45) is 10.6. The van der Waals surface area contributed by atoms with E-state index in [1.54, 1.807) is 0 Å². The topological polar surface area (TPSA) is 22.1 Å². The summed E-state index contributed by atoms with van der Waals surface area (Å²) >= 11 is 0. The number of hydrogen-bond donors (Lipinski definition) is 0. The van der Waals surface area contributed by atoms with Gasteiger partial charge in [0.25, 0.3) is 0 Å². The van der Waals surface area contributed by atoms with Gasteiger partial charge in [-0.2, -0.15) is 0 Å². The molecule has 2 heteroatoms. The maximum atomic E-state index is 5.75. The van der Waals surface area contributed by atoms with Crippen LogP contribution in [0.25, 0.3) is 0 Å². The van der Waals surface area contributed by atoms with Crippen LogP contribution in [0.3, 0.4) is 0 Å². The van der Waals surface area contributed by atoms with Crippen molar-refractivity contribution in [2.75, 3.05) is 6.61 Å². The van der Waals surface area contributed by atoms with Crippen LogP contribution in [0, 0.1) is 0 Å². The Labute approximate surface area is 153 Å². The van der Waals surface area contributed by atoms with Crippen molar-refractivity contribution in [3.63, 3.8) is 0 Å². The zero-order valence-corrected chi connectivity index (χ0v) is 16.1. The molecule has 2 aromatic rings. The van der Waals surface area contributed by atoms with E-state index >= 15 is 0 Å². The molecule has 0 aliphatic carbocycles. The van der Waals surface area contributed by atoms with Gasteiger partial charge in [-0.3, -0.25) is 4.98 Å². The molecule has 0 fully saturated rings. The molecule has 0 bridgehead atoms. The lowest BCUT2D eigenvalue weighted by atomic mass is 9.94. The van der Waals surface area contributed by atoms with Crippen molar-refractivity contribution in [2.45, 2.75) is 71.6 Å². The molecule has 1 aromatic carbocycles. The van der Waals surface area contributed by atoms with Crippen LogP contribution in [0.2, 0.25) is 0 Å². The highest BCUT2D eigenvalue weighted by atomic mass is 16.5. The number of aromatic nitrogens is 1. The Bertz CT molecular complexity index is 588. The Hall–Kier alpha value is -1.83. The lowest BCUT2D eigenvalue weighted by Crippen LogP contribution is -2.00. The fraction of sp³-hybridized carbons (Fsp3) is 0.522. The molecule has 0 saturated heterocycles. The maximum Gasteiger partial charge on any atom is 0.119 e. The van der Waals surface area contributed by atoms with E-state index in [2.05, 4.69) is 62.2 Å². The molecule has 1 unspecified atom stereocenters. The molecule has 0 radical (unpaired) electrons. The summed E-state index contributed by atoms with van der Waals surface area (Å²) in [5.74, 6) is 1.32. The van der Waals surface area contributed by atoms with E-state index in [1.807, 2.05) is 6.20 Å². The average Bonchev–Trinajstić information content (AvgIpc) is 2.66. The van der Waals surface area contributed by atoms with Gasteiger partial charge in [0.15, 0.2) is 0 Å². The standard InChI is InChI=1S/C23H33NO/c1-4-6-8-9-10-22-14-11-21(18-24-22)19(3)20-12-15-23(16-13-20)25-17-7-5-2/h11-16,18-19H,4-10,17H2,1-3H3. The Morgan fingerprint density at radius 1 is 0.840 bits per heavy atom. The first-order valence-electron chi connectivity index (χ1n) is 9.92. The first kappa shape index (κ1) is 19.5. The quantitative estimate of drug-likeness (QED) is 0.434. The molecule has 1 atom stereocenters. The second-order valence-corrected chi connectivity index (χ2v) is 6.89. The molecule has 0 spiro atoms. The number of nitrogens with zero attached hydrogens (tertiary/aromatic N) is 1. The van der Waals surface area contributed by atoms with Crippen molar-refractivity contribution >= 4 is 0 Å². The molecule has 2 nitrogen and oxygen atoms in total. The number of unbranched alkanes of at least 4 members (excludes halogenated alkanes) is 4. The highest BCUT2D eigenvalue weighted by Crippen LogP contribution is 2.25. The Balaban J connectivity index is 1.89. The van der Waals surface area contributed by atoms with E-state index in [9.17, 15) is 0 Å². The Kier molecular flexibility index (Phi) is 8.51. The zero-order valence-electron chi connectivity index (χ0n) is 16.1. The van der Waals surface area contributed by atoms with Crippen molar-refractivity contribution in [1.82, 2.24) is 4.98 Å². The molecule has 136 valence electrons. The van der Waals surface area contributed by atoms with Gasteiger partial charge in [0.05, 0.1) is 6.61 Å². The smallest absolute Gasteiger partial charge is 0.119 e. The highest BCUT2D eigenvalue weighted by molar-refractivity contribution is 5.34. The summed E-state index contributed by atoms with van der Waals surface area (Å²) in [6.45, 7) is 7.47. The molecular weight excluding hydrogens is 306 g/mol. The Morgan fingerprint density at radius 2 is 1.56 bits per heavy atom. The molecule has 25 heavy (non-hydrogen) atoms. The van der Waals surface area contributed by atoms with Crippen LogP contribution in [-0.2, 0) is 6.42 Å². The minimum absolute atomic E-state index is 0.353. The van der Waals surface area contributed by atoms with Gasteiger partial charge in [-0.05, 0) is 48.6 Å². The van der Waals surface area contributed by atoms with Gasteiger partial charge in [0.1, 0.15) is 5.75 Å². The van der Waals surface area contributed by atoms with Crippen molar-refractivity contribution < 1.29 is 4.74 Å². The molecule has 0 saturated carbocycles. The average molecular weight is 340 g/mol. The fourth-order valence-corrected chi connectivity index (χ4v) is 2.95. The van der Waals surface area contributed by atoms with E-state index in [-0.39, 0.29) is 0 Å². The third-order valence-corrected chi connectivity index (χ3v) is 4.78. The molecule has 0 aliphatic rings. The van der Waals surface area contributed by atoms with Crippen molar-refractivity contribution in [3.8, 4) is 5.75 Å². The van der Waals surface area contributed by atoms with Crippen molar-refractivity contribution in [3.05, 3.63) is 59.4 Å². The molecule has 1 aromatic heterocycles. The van der Waals surface area contributed by atoms with E-state index in [0.29, 0.717) is 5.92 Å². The zero-order chi connectivity index (χ0) is 17.9. The fourth-order valence-electron chi connectivity index (χ4n) is 2.95. The first-order valence-corrected chi connectivity index (χ1v) is 9.92. The molecule has 2 rings (SSSR count). The Morgan fingerprint density at radius 3 is 2.20 bits per heavy atom. The molecule has 0 amide bonds. The maximum absolute atomic E-state index is 5.75.